The standard InChI is InChI=1S/C64H117N11O12/c1-27-29-30-41(13)53(77)52(57(81)67-45(28-2)60(84)69(20)35-50(76)71(22)47(54(65)78)32-37(5)6)75(26)63(87)51(40(11)12)74(25)62(86)49(34-39(9)10)73(24)61(85)48(33-38(7)8)72(23)59(83)43(15)66-56(80)46(31-36(3)4)68-55(79)44(16)70(21)58(82)42(14)64(17,18)19/h27,29,36-49,51-53,77H,28,30-35H2,1-26H3,(H2,65,78)(H,66,80)(H,67,81)(H,68,79)/b29-27+/t41-,42-,43-,44-,45-,46+,47-,48+,49+,51-,52?,53-/m0/s1. The van der Waals surface area contributed by atoms with E-state index in [0.717, 1.165) is 9.80 Å². The second kappa shape index (κ2) is 36.4. The number of carbonyl (C=O) groups is 11. The summed E-state index contributed by atoms with van der Waals surface area (Å²) in [6.45, 7) is 33.9. The van der Waals surface area contributed by atoms with Crippen molar-refractivity contribution in [1.29, 1.82) is 0 Å². The molecule has 0 aromatic carbocycles. The Morgan fingerprint density at radius 1 is 0.494 bits per heavy atom. The molecule has 11 amide bonds. The summed E-state index contributed by atoms with van der Waals surface area (Å²) >= 11 is 0. The molecule has 0 aromatic rings. The van der Waals surface area contributed by atoms with Gasteiger partial charge in [0, 0.05) is 55.3 Å². The van der Waals surface area contributed by atoms with Crippen molar-refractivity contribution < 1.29 is 57.8 Å². The van der Waals surface area contributed by atoms with E-state index in [1.54, 1.807) is 67.7 Å². The first-order chi connectivity index (χ1) is 39.8. The van der Waals surface area contributed by atoms with Crippen LogP contribution in [0.1, 0.15) is 170 Å². The molecule has 0 spiro atoms. The van der Waals surface area contributed by atoms with Gasteiger partial charge in [-0.05, 0) is 100 Å². The second-order valence-corrected chi connectivity index (χ2v) is 27.3. The van der Waals surface area contributed by atoms with Crippen LogP contribution in [0.2, 0.25) is 0 Å². The molecule has 0 saturated heterocycles. The van der Waals surface area contributed by atoms with Crippen LogP contribution in [0, 0.1) is 46.8 Å². The van der Waals surface area contributed by atoms with E-state index < -0.39 is 144 Å². The second-order valence-electron chi connectivity index (χ2n) is 27.3. The zero-order valence-corrected chi connectivity index (χ0v) is 58.1. The Kier molecular flexibility index (Phi) is 33.8. The molecule has 12 atom stereocenters. The number of nitrogens with two attached hydrogens (primary N) is 1. The van der Waals surface area contributed by atoms with Gasteiger partial charge < -0.3 is 61.1 Å². The Hall–Kier alpha value is -6.13. The number of hydrogen-bond donors (Lipinski definition) is 5. The van der Waals surface area contributed by atoms with Gasteiger partial charge in [-0.15, -0.1) is 0 Å². The Morgan fingerprint density at radius 3 is 1.36 bits per heavy atom. The van der Waals surface area contributed by atoms with Gasteiger partial charge in [-0.1, -0.05) is 123 Å². The van der Waals surface area contributed by atoms with E-state index in [4.69, 9.17) is 5.73 Å². The molecule has 500 valence electrons. The molecule has 0 radical (unpaired) electrons. The van der Waals surface area contributed by atoms with E-state index >= 15 is 14.4 Å². The van der Waals surface area contributed by atoms with Crippen molar-refractivity contribution in [2.24, 2.45) is 52.6 Å². The highest BCUT2D eigenvalue weighted by molar-refractivity contribution is 5.99. The lowest BCUT2D eigenvalue weighted by Gasteiger charge is -2.41. The molecule has 0 saturated carbocycles. The number of aliphatic hydroxyl groups excluding tert-OH is 1. The highest BCUT2D eigenvalue weighted by atomic mass is 16.3. The normalized spacial score (nSPS) is 16.1. The molecule has 23 heteroatoms. The molecule has 0 rings (SSSR count). The zero-order chi connectivity index (χ0) is 68.2. The summed E-state index contributed by atoms with van der Waals surface area (Å²) in [5.41, 5.74) is 5.27. The third-order valence-corrected chi connectivity index (χ3v) is 16.6. The molecule has 0 aromatic heterocycles. The Balaban J connectivity index is 7.14. The number of nitrogens with zero attached hydrogens (tertiary/aromatic N) is 7. The first kappa shape index (κ1) is 80.9. The summed E-state index contributed by atoms with van der Waals surface area (Å²) in [5.74, 6) is -8.62. The average Bonchev–Trinajstić information content (AvgIpc) is 1.89. The van der Waals surface area contributed by atoms with Gasteiger partial charge >= 0.3 is 0 Å². The number of allylic oxidation sites excluding steroid dienone is 2. The Morgan fingerprint density at radius 2 is 0.931 bits per heavy atom. The average molecular weight is 1230 g/mol. The molecule has 0 fully saturated rings. The monoisotopic (exact) mass is 1230 g/mol. The summed E-state index contributed by atoms with van der Waals surface area (Å²) in [7, 11) is 10.1. The van der Waals surface area contributed by atoms with Crippen molar-refractivity contribution in [3.05, 3.63) is 12.2 Å². The van der Waals surface area contributed by atoms with Crippen molar-refractivity contribution in [1.82, 2.24) is 50.2 Å². The van der Waals surface area contributed by atoms with E-state index in [1.165, 1.54) is 73.7 Å². The smallest absolute Gasteiger partial charge is 0.246 e. The number of nitrogens with one attached hydrogen (secondary N) is 3. The van der Waals surface area contributed by atoms with Crippen LogP contribution in [0.25, 0.3) is 0 Å². The number of aliphatic hydroxyl groups is 1. The van der Waals surface area contributed by atoms with E-state index in [9.17, 15) is 43.5 Å². The third-order valence-electron chi connectivity index (χ3n) is 16.6. The van der Waals surface area contributed by atoms with Crippen LogP contribution in [0.4, 0.5) is 0 Å². The van der Waals surface area contributed by atoms with Crippen LogP contribution in [0.5, 0.6) is 0 Å². The summed E-state index contributed by atoms with van der Waals surface area (Å²) in [5, 5.41) is 20.3. The van der Waals surface area contributed by atoms with E-state index in [1.807, 2.05) is 76.2 Å². The van der Waals surface area contributed by atoms with E-state index in [0.29, 0.717) is 12.8 Å². The lowest BCUT2D eigenvalue weighted by Crippen LogP contribution is -2.63. The molecule has 0 heterocycles. The Labute approximate surface area is 522 Å². The van der Waals surface area contributed by atoms with Gasteiger partial charge in [0.05, 0.1) is 12.6 Å². The number of likely N-dealkylation sites (N-methyl/N-ethyl adjacent to an activating group) is 7. The highest BCUT2D eigenvalue weighted by Crippen LogP contribution is 2.28. The molecular formula is C64H117N11O12. The largest absolute Gasteiger partial charge is 0.390 e. The number of rotatable bonds is 35. The van der Waals surface area contributed by atoms with Crippen LogP contribution >= 0.6 is 0 Å². The number of primary amides is 1. The number of carbonyl (C=O) groups excluding carboxylic acids is 11. The minimum absolute atomic E-state index is 0.0362. The van der Waals surface area contributed by atoms with Gasteiger partial charge in [0.1, 0.15) is 54.4 Å². The van der Waals surface area contributed by atoms with E-state index in [-0.39, 0.29) is 60.7 Å². The van der Waals surface area contributed by atoms with Gasteiger partial charge in [-0.3, -0.25) is 52.7 Å². The summed E-state index contributed by atoms with van der Waals surface area (Å²) in [4.78, 5) is 164. The van der Waals surface area contributed by atoms with Crippen LogP contribution in [0.15, 0.2) is 12.2 Å². The molecule has 1 unspecified atom stereocenters. The summed E-state index contributed by atoms with van der Waals surface area (Å²) in [6.07, 6.45) is 3.29. The SMILES string of the molecule is C/C=C/C[C@H](C)[C@H](O)C(C(=O)N[C@@H](CC)C(=O)N(C)CC(=O)N(C)[C@@H](CC(C)C)C(N)=O)N(C)C(=O)[C@H](C(C)C)N(C)C(=O)[C@@H](CC(C)C)N(C)C(=O)[C@@H](CC(C)C)N(C)C(=O)[C@H](C)NC(=O)[C@@H](CC(C)C)NC(=O)[C@H](C)N(C)C(=O)[C@H](C)C(C)(C)C. The molecule has 0 aliphatic heterocycles. The fraction of sp³-hybridized carbons (Fsp3) is 0.797. The fourth-order valence-electron chi connectivity index (χ4n) is 10.3. The molecule has 23 nitrogen and oxygen atoms in total. The van der Waals surface area contributed by atoms with Crippen LogP contribution < -0.4 is 21.7 Å². The Bertz CT molecular complexity index is 2350. The summed E-state index contributed by atoms with van der Waals surface area (Å²) in [6, 6.07) is -10.5. The van der Waals surface area contributed by atoms with Gasteiger partial charge in [0.25, 0.3) is 0 Å². The van der Waals surface area contributed by atoms with Crippen LogP contribution in [0.3, 0.4) is 0 Å². The maximum atomic E-state index is 15.2. The predicted molar refractivity (Wildman–Crippen MR) is 339 cm³/mol. The zero-order valence-electron chi connectivity index (χ0n) is 58.1. The predicted octanol–water partition coefficient (Wildman–Crippen LogP) is 4.28. The maximum absolute atomic E-state index is 15.2. The number of amides is 11. The van der Waals surface area contributed by atoms with Crippen molar-refractivity contribution in [2.75, 3.05) is 55.9 Å². The topological polar surface area (TPSA) is 293 Å². The highest BCUT2D eigenvalue weighted by Gasteiger charge is 2.45. The van der Waals surface area contributed by atoms with Gasteiger partial charge in [-0.25, -0.2) is 0 Å². The van der Waals surface area contributed by atoms with Crippen molar-refractivity contribution >= 4 is 65.0 Å². The van der Waals surface area contributed by atoms with Crippen molar-refractivity contribution in [3.63, 3.8) is 0 Å². The van der Waals surface area contributed by atoms with Gasteiger partial charge in [-0.2, -0.15) is 0 Å². The summed E-state index contributed by atoms with van der Waals surface area (Å²) < 4.78 is 0. The molecule has 0 aliphatic carbocycles. The maximum Gasteiger partial charge on any atom is 0.246 e. The molecule has 6 N–H and O–H groups in total. The van der Waals surface area contributed by atoms with Crippen LogP contribution in [-0.2, 0) is 52.7 Å². The lowest BCUT2D eigenvalue weighted by atomic mass is 9.81. The molecular weight excluding hydrogens is 1110 g/mol. The van der Waals surface area contributed by atoms with Gasteiger partial charge in [0.2, 0.25) is 65.0 Å². The third kappa shape index (κ3) is 24.1. The first-order valence-corrected chi connectivity index (χ1v) is 31.2. The van der Waals surface area contributed by atoms with Crippen molar-refractivity contribution in [2.45, 2.75) is 231 Å². The number of hydrogen-bond acceptors (Lipinski definition) is 12. The molecule has 0 bridgehead atoms. The molecule has 87 heavy (non-hydrogen) atoms. The van der Waals surface area contributed by atoms with Gasteiger partial charge in [0.15, 0.2) is 0 Å². The van der Waals surface area contributed by atoms with E-state index in [2.05, 4.69) is 16.0 Å². The van der Waals surface area contributed by atoms with Crippen molar-refractivity contribution in [3.8, 4) is 0 Å². The quantitative estimate of drug-likeness (QED) is 0.0556. The minimum Gasteiger partial charge on any atom is -0.390 e. The minimum atomic E-state index is -1.60. The molecule has 0 aliphatic rings. The first-order valence-electron chi connectivity index (χ1n) is 31.2. The van der Waals surface area contributed by atoms with Crippen LogP contribution in [-0.4, -0.2) is 221 Å². The lowest BCUT2D eigenvalue weighted by molar-refractivity contribution is -0.157. The fourth-order valence-corrected chi connectivity index (χ4v) is 10.3.